The van der Waals surface area contributed by atoms with Gasteiger partial charge in [-0.1, -0.05) is 24.3 Å². The summed E-state index contributed by atoms with van der Waals surface area (Å²) in [4.78, 5) is 13.5. The minimum atomic E-state index is -4.57. The van der Waals surface area contributed by atoms with Crippen molar-refractivity contribution < 1.29 is 23.1 Å². The van der Waals surface area contributed by atoms with Gasteiger partial charge in [-0.3, -0.25) is 4.79 Å². The average molecular weight is 394 g/mol. The van der Waals surface area contributed by atoms with E-state index in [0.29, 0.717) is 12.2 Å². The molecular weight excluding hydrogens is 377 g/mol. The van der Waals surface area contributed by atoms with Crippen LogP contribution in [-0.4, -0.2) is 22.1 Å². The Balaban J connectivity index is 1.68. The van der Waals surface area contributed by atoms with E-state index in [4.69, 9.17) is 0 Å². The Bertz CT molecular complexity index is 904. The number of aliphatic hydroxyl groups excluding tert-OH is 1. The van der Waals surface area contributed by atoms with Gasteiger partial charge in [-0.2, -0.15) is 13.2 Å². The molecule has 3 rings (SSSR count). The lowest BCUT2D eigenvalue weighted by atomic mass is 10.0. The number of aromatic nitrogens is 1. The second kappa shape index (κ2) is 7.98. The van der Waals surface area contributed by atoms with E-state index in [2.05, 4.69) is 5.32 Å². The predicted molar refractivity (Wildman–Crippen MR) is 96.6 cm³/mol. The van der Waals surface area contributed by atoms with Crippen molar-refractivity contribution in [1.82, 2.24) is 9.88 Å². The molecule has 1 atom stereocenters. The molecule has 1 amide bonds. The first kappa shape index (κ1) is 19.2. The molecule has 4 nitrogen and oxygen atoms in total. The highest BCUT2D eigenvalue weighted by molar-refractivity contribution is 7.09. The number of halogens is 3. The van der Waals surface area contributed by atoms with Gasteiger partial charge in [0.15, 0.2) is 0 Å². The van der Waals surface area contributed by atoms with Crippen molar-refractivity contribution in [3.8, 4) is 0 Å². The Morgan fingerprint density at radius 1 is 1.15 bits per heavy atom. The summed E-state index contributed by atoms with van der Waals surface area (Å²) in [7, 11) is 0. The Morgan fingerprint density at radius 2 is 1.93 bits per heavy atom. The lowest BCUT2D eigenvalue weighted by molar-refractivity contribution is -0.139. The fourth-order valence-electron chi connectivity index (χ4n) is 2.76. The van der Waals surface area contributed by atoms with Crippen LogP contribution in [-0.2, 0) is 12.7 Å². The van der Waals surface area contributed by atoms with Crippen LogP contribution in [0.3, 0.4) is 0 Å². The predicted octanol–water partition coefficient (Wildman–Crippen LogP) is 4.08. The second-order valence-electron chi connectivity index (χ2n) is 5.91. The van der Waals surface area contributed by atoms with Crippen molar-refractivity contribution in [3.05, 3.63) is 81.8 Å². The molecular formula is C19H17F3N2O2S. The number of carbonyl (C=O) groups excluding carboxylic acids is 1. The molecule has 142 valence electrons. The molecule has 0 saturated heterocycles. The molecule has 3 aromatic rings. The normalized spacial score (nSPS) is 12.7. The van der Waals surface area contributed by atoms with Gasteiger partial charge in [0.1, 0.15) is 5.69 Å². The molecule has 0 saturated carbocycles. The molecule has 0 aliphatic rings. The third-order valence-electron chi connectivity index (χ3n) is 4.05. The molecule has 27 heavy (non-hydrogen) atoms. The molecule has 8 heteroatoms. The lowest BCUT2D eigenvalue weighted by Crippen LogP contribution is -2.30. The number of alkyl halides is 3. The van der Waals surface area contributed by atoms with Crippen molar-refractivity contribution in [2.75, 3.05) is 6.54 Å². The maximum atomic E-state index is 13.1. The van der Waals surface area contributed by atoms with Crippen LogP contribution >= 0.6 is 11.3 Å². The number of nitrogens with zero attached hydrogens (tertiary/aromatic N) is 1. The van der Waals surface area contributed by atoms with Crippen LogP contribution < -0.4 is 5.32 Å². The monoisotopic (exact) mass is 394 g/mol. The fourth-order valence-corrected chi connectivity index (χ4v) is 3.47. The number of hydrogen-bond donors (Lipinski definition) is 2. The molecule has 2 heterocycles. The van der Waals surface area contributed by atoms with Crippen molar-refractivity contribution in [1.29, 1.82) is 0 Å². The second-order valence-corrected chi connectivity index (χ2v) is 6.94. The first-order valence-corrected chi connectivity index (χ1v) is 9.04. The number of thiophene rings is 1. The maximum Gasteiger partial charge on any atom is 0.416 e. The molecule has 0 aliphatic heterocycles. The number of benzene rings is 1. The highest BCUT2D eigenvalue weighted by Crippen LogP contribution is 2.34. The van der Waals surface area contributed by atoms with Crippen LogP contribution in [0.15, 0.2) is 60.1 Å². The molecule has 2 N–H and O–H groups in total. The van der Waals surface area contributed by atoms with E-state index in [1.165, 1.54) is 18.2 Å². The third kappa shape index (κ3) is 4.58. The van der Waals surface area contributed by atoms with E-state index < -0.39 is 23.8 Å². The molecule has 2 aromatic heterocycles. The van der Waals surface area contributed by atoms with Crippen LogP contribution in [0.25, 0.3) is 0 Å². The van der Waals surface area contributed by atoms with Crippen molar-refractivity contribution in [3.63, 3.8) is 0 Å². The van der Waals surface area contributed by atoms with Gasteiger partial charge in [-0.15, -0.1) is 11.3 Å². The van der Waals surface area contributed by atoms with Gasteiger partial charge in [0.2, 0.25) is 0 Å². The van der Waals surface area contributed by atoms with E-state index in [9.17, 15) is 23.1 Å². The minimum absolute atomic E-state index is 0.265. The zero-order valence-electron chi connectivity index (χ0n) is 14.1. The molecule has 0 bridgehead atoms. The lowest BCUT2D eigenvalue weighted by Gasteiger charge is -2.18. The molecule has 0 spiro atoms. The van der Waals surface area contributed by atoms with Gasteiger partial charge in [0, 0.05) is 17.6 Å². The molecule has 1 aromatic carbocycles. The van der Waals surface area contributed by atoms with Crippen molar-refractivity contribution >= 4 is 17.2 Å². The summed E-state index contributed by atoms with van der Waals surface area (Å²) in [6.45, 7) is 0.197. The molecule has 0 radical (unpaired) electrons. The number of carbonyl (C=O) groups is 1. The average Bonchev–Trinajstić information content (AvgIpc) is 3.31. The number of amides is 1. The summed E-state index contributed by atoms with van der Waals surface area (Å²) in [6, 6.07) is 12.0. The molecule has 0 fully saturated rings. The zero-order valence-corrected chi connectivity index (χ0v) is 14.9. The van der Waals surface area contributed by atoms with E-state index in [-0.39, 0.29) is 12.1 Å². The third-order valence-corrected chi connectivity index (χ3v) is 4.91. The fraction of sp³-hybridized carbons (Fsp3) is 0.211. The highest BCUT2D eigenvalue weighted by atomic mass is 32.1. The van der Waals surface area contributed by atoms with Gasteiger partial charge in [0.05, 0.1) is 18.2 Å². The number of rotatable bonds is 6. The van der Waals surface area contributed by atoms with E-state index in [1.54, 1.807) is 34.2 Å². The SMILES string of the molecule is O=C(NCC(O)c1ccccc1C(F)(F)F)c1cccn1Cc1cccs1. The zero-order chi connectivity index (χ0) is 19.4. The van der Waals surface area contributed by atoms with Crippen LogP contribution in [0.2, 0.25) is 0 Å². The summed E-state index contributed by atoms with van der Waals surface area (Å²) in [5, 5.41) is 14.6. The minimum Gasteiger partial charge on any atom is -0.387 e. The van der Waals surface area contributed by atoms with Gasteiger partial charge < -0.3 is 15.0 Å². The Hall–Kier alpha value is -2.58. The van der Waals surface area contributed by atoms with Gasteiger partial charge >= 0.3 is 6.18 Å². The Kier molecular flexibility index (Phi) is 5.67. The van der Waals surface area contributed by atoms with E-state index >= 15 is 0 Å². The van der Waals surface area contributed by atoms with Gasteiger partial charge in [0.25, 0.3) is 5.91 Å². The summed E-state index contributed by atoms with van der Waals surface area (Å²) in [5.41, 5.74) is -0.799. The Labute approximate surface area is 157 Å². The summed E-state index contributed by atoms with van der Waals surface area (Å²) >= 11 is 1.56. The molecule has 0 aliphatic carbocycles. The number of aliphatic hydroxyl groups is 1. The van der Waals surface area contributed by atoms with Crippen molar-refractivity contribution in [2.45, 2.75) is 18.8 Å². The number of nitrogens with one attached hydrogen (secondary N) is 1. The van der Waals surface area contributed by atoms with Crippen molar-refractivity contribution in [2.24, 2.45) is 0 Å². The summed E-state index contributed by atoms with van der Waals surface area (Å²) in [6.07, 6.45) is -4.28. The Morgan fingerprint density at radius 3 is 2.63 bits per heavy atom. The topological polar surface area (TPSA) is 54.3 Å². The highest BCUT2D eigenvalue weighted by Gasteiger charge is 2.34. The summed E-state index contributed by atoms with van der Waals surface area (Å²) < 4.78 is 40.9. The van der Waals surface area contributed by atoms with E-state index in [1.807, 2.05) is 17.5 Å². The van der Waals surface area contributed by atoms with Crippen LogP contribution in [0.1, 0.15) is 32.6 Å². The van der Waals surface area contributed by atoms with Gasteiger partial charge in [-0.25, -0.2) is 0 Å². The first-order chi connectivity index (χ1) is 12.9. The van der Waals surface area contributed by atoms with Crippen LogP contribution in [0.5, 0.6) is 0 Å². The first-order valence-electron chi connectivity index (χ1n) is 8.16. The van der Waals surface area contributed by atoms with E-state index in [0.717, 1.165) is 10.9 Å². The van der Waals surface area contributed by atoms with Crippen LogP contribution in [0.4, 0.5) is 13.2 Å². The maximum absolute atomic E-state index is 13.1. The number of hydrogen-bond acceptors (Lipinski definition) is 3. The smallest absolute Gasteiger partial charge is 0.387 e. The quantitative estimate of drug-likeness (QED) is 0.662. The standard InChI is InChI=1S/C19H17F3N2O2S/c20-19(21,22)15-7-2-1-6-14(15)17(25)11-23-18(26)16-8-3-9-24(16)12-13-5-4-10-27-13/h1-10,17,25H,11-12H2,(H,23,26). The summed E-state index contributed by atoms with van der Waals surface area (Å²) in [5.74, 6) is -0.458. The van der Waals surface area contributed by atoms with Crippen LogP contribution in [0, 0.1) is 0 Å². The van der Waals surface area contributed by atoms with Gasteiger partial charge in [-0.05, 0) is 35.2 Å². The molecule has 1 unspecified atom stereocenters. The largest absolute Gasteiger partial charge is 0.416 e.